The highest BCUT2D eigenvalue weighted by Gasteiger charge is 2.16. The van der Waals surface area contributed by atoms with Gasteiger partial charge in [0.1, 0.15) is 11.6 Å². The molecule has 19 heavy (non-hydrogen) atoms. The summed E-state index contributed by atoms with van der Waals surface area (Å²) in [4.78, 5) is 4.50. The quantitative estimate of drug-likeness (QED) is 0.776. The zero-order valence-corrected chi connectivity index (χ0v) is 10.6. The van der Waals surface area contributed by atoms with E-state index < -0.39 is 11.9 Å². The molecule has 0 amide bonds. The number of benzene rings is 1. The molecule has 5 heteroatoms. The predicted molar refractivity (Wildman–Crippen MR) is 72.0 cm³/mol. The van der Waals surface area contributed by atoms with Crippen molar-refractivity contribution in [3.05, 3.63) is 64.8 Å². The molecule has 0 saturated carbocycles. The van der Waals surface area contributed by atoms with Crippen LogP contribution in [0.1, 0.15) is 16.5 Å². The van der Waals surface area contributed by atoms with Gasteiger partial charge in [-0.05, 0) is 35.7 Å². The fourth-order valence-corrected chi connectivity index (χ4v) is 3.04. The predicted octanol–water partition coefficient (Wildman–Crippen LogP) is 3.62. The summed E-state index contributed by atoms with van der Waals surface area (Å²) < 4.78 is 27.7. The highest BCUT2D eigenvalue weighted by molar-refractivity contribution is 7.19. The molecule has 2 heterocycles. The maximum Gasteiger partial charge on any atom is 0.146 e. The van der Waals surface area contributed by atoms with Crippen LogP contribution in [-0.2, 0) is 0 Å². The number of hydrogen-bond acceptors (Lipinski definition) is 3. The normalized spacial score (nSPS) is 12.8. The lowest BCUT2D eigenvalue weighted by Gasteiger charge is -2.09. The molecule has 3 aromatic rings. The first kappa shape index (κ1) is 12.2. The van der Waals surface area contributed by atoms with Crippen LogP contribution in [0.2, 0.25) is 0 Å². The Labute approximate surface area is 112 Å². The van der Waals surface area contributed by atoms with Crippen LogP contribution < -0.4 is 5.73 Å². The number of nitrogens with two attached hydrogens (primary N) is 1. The number of fused-ring (bicyclic) bond motifs is 1. The minimum absolute atomic E-state index is 0.291. The molecular weight excluding hydrogens is 266 g/mol. The van der Waals surface area contributed by atoms with Crippen molar-refractivity contribution in [3.63, 3.8) is 0 Å². The van der Waals surface area contributed by atoms with Gasteiger partial charge in [0.25, 0.3) is 0 Å². The first-order valence-corrected chi connectivity index (χ1v) is 6.51. The number of thiophene rings is 1. The van der Waals surface area contributed by atoms with Gasteiger partial charge in [-0.25, -0.2) is 8.78 Å². The largest absolute Gasteiger partial charge is 0.320 e. The van der Waals surface area contributed by atoms with Crippen LogP contribution in [-0.4, -0.2) is 4.98 Å². The van der Waals surface area contributed by atoms with Crippen molar-refractivity contribution >= 4 is 21.4 Å². The Balaban J connectivity index is 2.07. The van der Waals surface area contributed by atoms with Crippen LogP contribution >= 0.6 is 11.3 Å². The van der Waals surface area contributed by atoms with E-state index in [1.54, 1.807) is 18.2 Å². The Bertz CT molecular complexity index is 739. The van der Waals surface area contributed by atoms with Gasteiger partial charge < -0.3 is 5.73 Å². The summed E-state index contributed by atoms with van der Waals surface area (Å²) >= 11 is 1.44. The van der Waals surface area contributed by atoms with E-state index in [4.69, 9.17) is 5.73 Å². The van der Waals surface area contributed by atoms with Crippen LogP contribution in [0.15, 0.2) is 42.7 Å². The number of aromatic nitrogens is 1. The monoisotopic (exact) mass is 276 g/mol. The zero-order valence-electron chi connectivity index (χ0n) is 9.81. The van der Waals surface area contributed by atoms with Crippen LogP contribution in [0.3, 0.4) is 0 Å². The summed E-state index contributed by atoms with van der Waals surface area (Å²) in [5.41, 5.74) is 6.46. The van der Waals surface area contributed by atoms with E-state index in [9.17, 15) is 8.78 Å². The van der Waals surface area contributed by atoms with Crippen molar-refractivity contribution < 1.29 is 8.78 Å². The Morgan fingerprint density at radius 2 is 2.00 bits per heavy atom. The minimum atomic E-state index is -0.566. The molecular formula is C14H10F2N2S. The van der Waals surface area contributed by atoms with Gasteiger partial charge in [-0.3, -0.25) is 4.98 Å². The number of nitrogens with zero attached hydrogens (tertiary/aromatic N) is 1. The lowest BCUT2D eigenvalue weighted by molar-refractivity contribution is 0.594. The van der Waals surface area contributed by atoms with Crippen molar-refractivity contribution in [2.75, 3.05) is 0 Å². The topological polar surface area (TPSA) is 38.9 Å². The lowest BCUT2D eigenvalue weighted by atomic mass is 10.1. The van der Waals surface area contributed by atoms with Gasteiger partial charge in [0.2, 0.25) is 0 Å². The molecule has 2 N–H and O–H groups in total. The minimum Gasteiger partial charge on any atom is -0.320 e. The number of rotatable bonds is 2. The molecule has 0 aliphatic rings. The Morgan fingerprint density at radius 3 is 2.79 bits per heavy atom. The summed E-state index contributed by atoms with van der Waals surface area (Å²) in [6.07, 6.45) is 2.65. The summed E-state index contributed by atoms with van der Waals surface area (Å²) in [5.74, 6) is -0.723. The van der Waals surface area contributed by atoms with Gasteiger partial charge in [0.15, 0.2) is 0 Å². The third-order valence-electron chi connectivity index (χ3n) is 2.94. The molecule has 0 radical (unpaired) electrons. The molecule has 3 rings (SSSR count). The highest BCUT2D eigenvalue weighted by atomic mass is 32.1. The Hall–Kier alpha value is -1.85. The Kier molecular flexibility index (Phi) is 3.00. The van der Waals surface area contributed by atoms with Crippen LogP contribution in [0.4, 0.5) is 8.78 Å². The molecule has 96 valence electrons. The third kappa shape index (κ3) is 2.22. The summed E-state index contributed by atoms with van der Waals surface area (Å²) in [6.45, 7) is 0. The van der Waals surface area contributed by atoms with Gasteiger partial charge in [-0.15, -0.1) is 11.3 Å². The van der Waals surface area contributed by atoms with Crippen molar-refractivity contribution in [1.29, 1.82) is 0 Å². The molecule has 2 nitrogen and oxygen atoms in total. The van der Waals surface area contributed by atoms with E-state index in [1.165, 1.54) is 29.7 Å². The lowest BCUT2D eigenvalue weighted by Crippen LogP contribution is -2.12. The van der Waals surface area contributed by atoms with Gasteiger partial charge in [0.05, 0.1) is 12.2 Å². The summed E-state index contributed by atoms with van der Waals surface area (Å²) in [6, 6.07) is 7.35. The second-order valence-corrected chi connectivity index (χ2v) is 5.32. The van der Waals surface area contributed by atoms with Gasteiger partial charge in [-0.2, -0.15) is 0 Å². The van der Waals surface area contributed by atoms with Crippen molar-refractivity contribution in [1.82, 2.24) is 4.98 Å². The molecule has 1 unspecified atom stereocenters. The molecule has 0 fully saturated rings. The van der Waals surface area contributed by atoms with E-state index in [2.05, 4.69) is 4.98 Å². The van der Waals surface area contributed by atoms with Crippen LogP contribution in [0.25, 0.3) is 10.1 Å². The molecule has 0 aliphatic heterocycles. The smallest absolute Gasteiger partial charge is 0.146 e. The van der Waals surface area contributed by atoms with Crippen LogP contribution in [0.5, 0.6) is 0 Å². The van der Waals surface area contributed by atoms with Crippen molar-refractivity contribution in [3.8, 4) is 0 Å². The molecule has 0 aliphatic carbocycles. The second kappa shape index (κ2) is 4.68. The maximum absolute atomic E-state index is 13.6. The van der Waals surface area contributed by atoms with Crippen molar-refractivity contribution in [2.45, 2.75) is 6.04 Å². The van der Waals surface area contributed by atoms with Gasteiger partial charge in [0, 0.05) is 21.3 Å². The summed E-state index contributed by atoms with van der Waals surface area (Å²) in [5, 5.41) is 0.782. The Morgan fingerprint density at radius 1 is 1.16 bits per heavy atom. The van der Waals surface area contributed by atoms with Gasteiger partial charge in [-0.1, -0.05) is 0 Å². The molecule has 1 aromatic carbocycles. The fraction of sp³-hybridized carbons (Fsp3) is 0.0714. The van der Waals surface area contributed by atoms with E-state index >= 15 is 0 Å². The second-order valence-electron chi connectivity index (χ2n) is 4.21. The highest BCUT2D eigenvalue weighted by Crippen LogP contribution is 2.32. The first-order chi connectivity index (χ1) is 9.15. The fourth-order valence-electron chi connectivity index (χ4n) is 1.98. The average Bonchev–Trinajstić information content (AvgIpc) is 2.81. The number of halogens is 2. The molecule has 2 aromatic heterocycles. The van der Waals surface area contributed by atoms with Crippen molar-refractivity contribution in [2.24, 2.45) is 5.73 Å². The van der Waals surface area contributed by atoms with E-state index in [0.29, 0.717) is 5.56 Å². The summed E-state index contributed by atoms with van der Waals surface area (Å²) in [7, 11) is 0. The van der Waals surface area contributed by atoms with Gasteiger partial charge >= 0.3 is 0 Å². The van der Waals surface area contributed by atoms with Crippen LogP contribution in [0, 0.1) is 11.6 Å². The van der Waals surface area contributed by atoms with E-state index in [-0.39, 0.29) is 5.82 Å². The number of pyridine rings is 1. The van der Waals surface area contributed by atoms with E-state index in [0.717, 1.165) is 21.2 Å². The maximum atomic E-state index is 13.6. The molecule has 1 atom stereocenters. The average molecular weight is 276 g/mol. The molecule has 0 bridgehead atoms. The molecule has 0 saturated heterocycles. The zero-order chi connectivity index (χ0) is 13.4. The third-order valence-corrected chi connectivity index (χ3v) is 4.14. The molecule has 0 spiro atoms. The van der Waals surface area contributed by atoms with E-state index in [1.807, 2.05) is 0 Å². The SMILES string of the molecule is NC(c1cc2cc(F)ccc2s1)c1ccncc1F. The number of hydrogen-bond donors (Lipinski definition) is 1. The first-order valence-electron chi connectivity index (χ1n) is 5.69. The standard InChI is InChI=1S/C14H10F2N2S/c15-9-1-2-12-8(5-9)6-13(19-12)14(17)10-3-4-18-7-11(10)16/h1-7,14H,17H2.